The molecule has 3 heterocycles. The maximum atomic E-state index is 12.9. The molecule has 0 unspecified atom stereocenters. The highest BCUT2D eigenvalue weighted by Crippen LogP contribution is 2.23. The summed E-state index contributed by atoms with van der Waals surface area (Å²) < 4.78 is 6.84. The first-order valence-corrected chi connectivity index (χ1v) is 9.11. The highest BCUT2D eigenvalue weighted by molar-refractivity contribution is 6.33. The molecular weight excluding hydrogens is 356 g/mol. The van der Waals surface area contributed by atoms with Crippen molar-refractivity contribution in [2.45, 2.75) is 27.3 Å². The predicted octanol–water partition coefficient (Wildman–Crippen LogP) is 2.69. The largest absolute Gasteiger partial charge is 0.459 e. The van der Waals surface area contributed by atoms with E-state index in [1.807, 2.05) is 0 Å². The molecule has 2 amide bonds. The predicted molar refractivity (Wildman–Crippen MR) is 97.3 cm³/mol. The number of aromatic nitrogens is 2. The van der Waals surface area contributed by atoms with Gasteiger partial charge in [-0.2, -0.15) is 5.10 Å². The third-order valence-electron chi connectivity index (χ3n) is 4.40. The first-order chi connectivity index (χ1) is 12.4. The maximum Gasteiger partial charge on any atom is 0.289 e. The minimum atomic E-state index is -0.152. The minimum Gasteiger partial charge on any atom is -0.459 e. The van der Waals surface area contributed by atoms with Crippen LogP contribution in [0.4, 0.5) is 0 Å². The molecule has 26 heavy (non-hydrogen) atoms. The molecule has 1 fully saturated rings. The van der Waals surface area contributed by atoms with E-state index in [9.17, 15) is 9.59 Å². The van der Waals surface area contributed by atoms with Crippen molar-refractivity contribution in [3.8, 4) is 0 Å². The summed E-state index contributed by atoms with van der Waals surface area (Å²) in [7, 11) is 0. The summed E-state index contributed by atoms with van der Waals surface area (Å²) in [6, 6.07) is 3.33. The van der Waals surface area contributed by atoms with Crippen LogP contribution in [0.25, 0.3) is 0 Å². The van der Waals surface area contributed by atoms with Crippen molar-refractivity contribution >= 4 is 23.4 Å². The quantitative estimate of drug-likeness (QED) is 0.820. The van der Waals surface area contributed by atoms with Crippen LogP contribution >= 0.6 is 11.6 Å². The third kappa shape index (κ3) is 3.62. The van der Waals surface area contributed by atoms with Crippen LogP contribution in [0, 0.1) is 12.8 Å². The smallest absolute Gasteiger partial charge is 0.289 e. The number of carbonyl (C=O) groups excluding carboxylic acids is 2. The zero-order valence-electron chi connectivity index (χ0n) is 15.2. The third-order valence-corrected chi connectivity index (χ3v) is 4.79. The van der Waals surface area contributed by atoms with Gasteiger partial charge >= 0.3 is 0 Å². The summed E-state index contributed by atoms with van der Waals surface area (Å²) in [6.45, 7) is 8.44. The number of rotatable bonds is 4. The molecule has 7 nitrogen and oxygen atoms in total. The Labute approximate surface area is 157 Å². The van der Waals surface area contributed by atoms with Crippen molar-refractivity contribution in [3.63, 3.8) is 0 Å². The number of piperazine rings is 1. The van der Waals surface area contributed by atoms with Crippen LogP contribution in [0.5, 0.6) is 0 Å². The highest BCUT2D eigenvalue weighted by atomic mass is 35.5. The van der Waals surface area contributed by atoms with Crippen molar-refractivity contribution in [1.29, 1.82) is 0 Å². The summed E-state index contributed by atoms with van der Waals surface area (Å²) in [5, 5.41) is 4.79. The van der Waals surface area contributed by atoms with Crippen molar-refractivity contribution in [3.05, 3.63) is 40.6 Å². The van der Waals surface area contributed by atoms with Crippen LogP contribution in [0.15, 0.2) is 22.8 Å². The molecule has 8 heteroatoms. The SMILES string of the molecule is Cc1nn(CC(C)C)c(Cl)c1C(=O)N1CCN(C(=O)c2ccco2)CC1. The van der Waals surface area contributed by atoms with Gasteiger partial charge in [0.15, 0.2) is 5.76 Å². The molecule has 0 N–H and O–H groups in total. The van der Waals surface area contributed by atoms with E-state index in [1.54, 1.807) is 33.5 Å². The van der Waals surface area contributed by atoms with E-state index in [-0.39, 0.29) is 11.8 Å². The fourth-order valence-electron chi connectivity index (χ4n) is 3.09. The summed E-state index contributed by atoms with van der Waals surface area (Å²) in [4.78, 5) is 28.6. The Balaban J connectivity index is 1.67. The van der Waals surface area contributed by atoms with E-state index in [0.717, 1.165) is 0 Å². The number of amides is 2. The van der Waals surface area contributed by atoms with E-state index < -0.39 is 0 Å². The van der Waals surface area contributed by atoms with E-state index in [0.29, 0.717) is 60.8 Å². The fourth-order valence-corrected chi connectivity index (χ4v) is 3.41. The topological polar surface area (TPSA) is 71.6 Å². The lowest BCUT2D eigenvalue weighted by Gasteiger charge is -2.34. The van der Waals surface area contributed by atoms with Gasteiger partial charge in [0, 0.05) is 32.7 Å². The van der Waals surface area contributed by atoms with Crippen LogP contribution < -0.4 is 0 Å². The Hall–Kier alpha value is -2.28. The molecule has 2 aromatic heterocycles. The lowest BCUT2D eigenvalue weighted by atomic mass is 10.2. The molecular formula is C18H23ClN4O3. The van der Waals surface area contributed by atoms with E-state index >= 15 is 0 Å². The number of carbonyl (C=O) groups is 2. The van der Waals surface area contributed by atoms with Crippen molar-refractivity contribution in [2.75, 3.05) is 26.2 Å². The Bertz CT molecular complexity index is 790. The number of nitrogens with zero attached hydrogens (tertiary/aromatic N) is 4. The van der Waals surface area contributed by atoms with E-state index in [4.69, 9.17) is 16.0 Å². The zero-order valence-corrected chi connectivity index (χ0v) is 16.0. The zero-order chi connectivity index (χ0) is 18.8. The molecule has 140 valence electrons. The van der Waals surface area contributed by atoms with Crippen molar-refractivity contribution in [2.24, 2.45) is 5.92 Å². The van der Waals surface area contributed by atoms with Crippen molar-refractivity contribution < 1.29 is 14.0 Å². The van der Waals surface area contributed by atoms with Crippen LogP contribution in [-0.2, 0) is 6.54 Å². The molecule has 1 aliphatic rings. The number of furan rings is 1. The molecule has 1 saturated heterocycles. The fraction of sp³-hybridized carbons (Fsp3) is 0.500. The molecule has 0 spiro atoms. The Morgan fingerprint density at radius 3 is 2.35 bits per heavy atom. The van der Waals surface area contributed by atoms with Gasteiger partial charge in [-0.05, 0) is 25.0 Å². The standard InChI is InChI=1S/C18H23ClN4O3/c1-12(2)11-23-16(19)15(13(3)20-23)18(25)22-8-6-21(7-9-22)17(24)14-5-4-10-26-14/h4-5,10,12H,6-9,11H2,1-3H3. The van der Waals surface area contributed by atoms with Gasteiger partial charge in [0.1, 0.15) is 5.15 Å². The molecule has 0 radical (unpaired) electrons. The second-order valence-electron chi connectivity index (χ2n) is 6.89. The summed E-state index contributed by atoms with van der Waals surface area (Å²) >= 11 is 6.41. The summed E-state index contributed by atoms with van der Waals surface area (Å²) in [6.07, 6.45) is 1.48. The van der Waals surface area contributed by atoms with Gasteiger partial charge in [-0.1, -0.05) is 25.4 Å². The first-order valence-electron chi connectivity index (χ1n) is 8.73. The molecule has 0 atom stereocenters. The number of hydrogen-bond donors (Lipinski definition) is 0. The van der Waals surface area contributed by atoms with Crippen LogP contribution in [0.2, 0.25) is 5.15 Å². The normalized spacial score (nSPS) is 15.0. The van der Waals surface area contributed by atoms with Gasteiger partial charge in [-0.25, -0.2) is 0 Å². The minimum absolute atomic E-state index is 0.132. The Morgan fingerprint density at radius 2 is 1.81 bits per heavy atom. The Morgan fingerprint density at radius 1 is 1.19 bits per heavy atom. The molecule has 2 aromatic rings. The Kier molecular flexibility index (Phi) is 5.36. The monoisotopic (exact) mass is 378 g/mol. The lowest BCUT2D eigenvalue weighted by Crippen LogP contribution is -2.50. The molecule has 0 aromatic carbocycles. The second-order valence-corrected chi connectivity index (χ2v) is 7.25. The van der Waals surface area contributed by atoms with E-state index in [2.05, 4.69) is 18.9 Å². The van der Waals surface area contributed by atoms with Crippen molar-refractivity contribution in [1.82, 2.24) is 19.6 Å². The van der Waals surface area contributed by atoms with Gasteiger partial charge in [0.2, 0.25) is 0 Å². The average molecular weight is 379 g/mol. The average Bonchev–Trinajstić information content (AvgIpc) is 3.23. The number of hydrogen-bond acceptors (Lipinski definition) is 4. The van der Waals surface area contributed by atoms with Gasteiger partial charge in [0.25, 0.3) is 11.8 Å². The maximum absolute atomic E-state index is 12.9. The number of aryl methyl sites for hydroxylation is 1. The highest BCUT2D eigenvalue weighted by Gasteiger charge is 2.30. The van der Waals surface area contributed by atoms with Gasteiger partial charge in [-0.15, -0.1) is 0 Å². The van der Waals surface area contributed by atoms with Crippen LogP contribution in [0.1, 0.15) is 40.5 Å². The molecule has 3 rings (SSSR count). The van der Waals surface area contributed by atoms with Gasteiger partial charge < -0.3 is 14.2 Å². The van der Waals surface area contributed by atoms with E-state index in [1.165, 1.54) is 6.26 Å². The van der Waals surface area contributed by atoms with Crippen LogP contribution in [-0.4, -0.2) is 57.6 Å². The lowest BCUT2D eigenvalue weighted by molar-refractivity contribution is 0.0517. The number of halogens is 1. The molecule has 0 aliphatic carbocycles. The van der Waals surface area contributed by atoms with Gasteiger partial charge in [-0.3, -0.25) is 14.3 Å². The second kappa shape index (κ2) is 7.53. The first kappa shape index (κ1) is 18.5. The van der Waals surface area contributed by atoms with Gasteiger partial charge in [0.05, 0.1) is 17.5 Å². The van der Waals surface area contributed by atoms with Crippen LogP contribution in [0.3, 0.4) is 0 Å². The molecule has 0 bridgehead atoms. The molecule has 0 saturated carbocycles. The summed E-state index contributed by atoms with van der Waals surface area (Å²) in [5.41, 5.74) is 1.09. The summed E-state index contributed by atoms with van der Waals surface area (Å²) in [5.74, 6) is 0.415. The molecule has 1 aliphatic heterocycles.